The lowest BCUT2D eigenvalue weighted by Gasteiger charge is -2.29. The Kier molecular flexibility index (Phi) is 6.46. The third-order valence-corrected chi connectivity index (χ3v) is 7.50. The van der Waals surface area contributed by atoms with Crippen LogP contribution < -0.4 is 14.4 Å². The lowest BCUT2D eigenvalue weighted by atomic mass is 9.95. The van der Waals surface area contributed by atoms with Gasteiger partial charge in [-0.15, -0.1) is 0 Å². The molecule has 0 fully saturated rings. The molecular formula is C30H29O2P. The van der Waals surface area contributed by atoms with Crippen LogP contribution in [0.5, 0.6) is 11.5 Å². The largest absolute Gasteiger partial charge is 0.435 e. The number of rotatable bonds is 7. The molecule has 0 amide bonds. The zero-order chi connectivity index (χ0) is 22.6. The molecule has 3 heteroatoms. The van der Waals surface area contributed by atoms with E-state index in [2.05, 4.69) is 92.7 Å². The van der Waals surface area contributed by atoms with Crippen molar-refractivity contribution in [2.45, 2.75) is 39.5 Å². The van der Waals surface area contributed by atoms with Crippen LogP contribution in [0.4, 0.5) is 0 Å². The van der Waals surface area contributed by atoms with Crippen LogP contribution >= 0.6 is 8.38 Å². The van der Waals surface area contributed by atoms with Crippen molar-refractivity contribution in [3.63, 3.8) is 0 Å². The van der Waals surface area contributed by atoms with Crippen LogP contribution in [0.1, 0.15) is 37.8 Å². The van der Waals surface area contributed by atoms with E-state index in [1.165, 1.54) is 22.3 Å². The summed E-state index contributed by atoms with van der Waals surface area (Å²) < 4.78 is 13.4. The van der Waals surface area contributed by atoms with Gasteiger partial charge in [0.2, 0.25) is 0 Å². The Morgan fingerprint density at radius 3 is 2.18 bits per heavy atom. The zero-order valence-electron chi connectivity index (χ0n) is 19.3. The first kappa shape index (κ1) is 21.7. The van der Waals surface area contributed by atoms with E-state index in [1.54, 1.807) is 0 Å². The maximum Gasteiger partial charge on any atom is 0.326 e. The highest BCUT2D eigenvalue weighted by Gasteiger charge is 2.30. The summed E-state index contributed by atoms with van der Waals surface area (Å²) in [6.45, 7) is 4.46. The van der Waals surface area contributed by atoms with Crippen molar-refractivity contribution in [1.82, 2.24) is 0 Å². The predicted octanol–water partition coefficient (Wildman–Crippen LogP) is 8.33. The maximum atomic E-state index is 6.88. The zero-order valence-corrected chi connectivity index (χ0v) is 20.1. The quantitative estimate of drug-likeness (QED) is 0.262. The van der Waals surface area contributed by atoms with Crippen LogP contribution in [0.15, 0.2) is 91.0 Å². The van der Waals surface area contributed by atoms with Crippen molar-refractivity contribution in [2.24, 2.45) is 0 Å². The lowest BCUT2D eigenvalue weighted by Crippen LogP contribution is -2.17. The Morgan fingerprint density at radius 2 is 1.39 bits per heavy atom. The summed E-state index contributed by atoms with van der Waals surface area (Å²) >= 11 is 0. The third-order valence-electron chi connectivity index (χ3n) is 6.00. The van der Waals surface area contributed by atoms with E-state index in [-0.39, 0.29) is 0 Å². The molecule has 0 radical (unpaired) electrons. The first-order chi connectivity index (χ1) is 16.3. The second-order valence-corrected chi connectivity index (χ2v) is 9.81. The van der Waals surface area contributed by atoms with Crippen LogP contribution in [-0.4, -0.2) is 0 Å². The highest BCUT2D eigenvalue weighted by molar-refractivity contribution is 7.57. The van der Waals surface area contributed by atoms with Crippen LogP contribution in [-0.2, 0) is 12.8 Å². The summed E-state index contributed by atoms with van der Waals surface area (Å²) in [6.07, 6.45) is 4.24. The fraction of sp³-hybridized carbons (Fsp3) is 0.200. The van der Waals surface area contributed by atoms with Crippen molar-refractivity contribution in [1.29, 1.82) is 0 Å². The molecule has 2 nitrogen and oxygen atoms in total. The minimum atomic E-state index is -1.30. The molecule has 0 saturated carbocycles. The Balaban J connectivity index is 1.64. The summed E-state index contributed by atoms with van der Waals surface area (Å²) in [4.78, 5) is 0. The molecule has 4 aromatic carbocycles. The van der Waals surface area contributed by atoms with E-state index in [0.29, 0.717) is 0 Å². The first-order valence-corrected chi connectivity index (χ1v) is 13.0. The Bertz CT molecular complexity index is 1250. The van der Waals surface area contributed by atoms with Gasteiger partial charge in [-0.2, -0.15) is 0 Å². The van der Waals surface area contributed by atoms with Crippen molar-refractivity contribution < 1.29 is 9.05 Å². The number of benzene rings is 4. The molecular weight excluding hydrogens is 423 g/mol. The molecule has 0 aliphatic carbocycles. The second kappa shape index (κ2) is 9.81. The summed E-state index contributed by atoms with van der Waals surface area (Å²) in [7, 11) is -1.30. The molecule has 0 bridgehead atoms. The SMILES string of the molecule is CCCc1cc(CCC)c(OP2Oc3ccccc3-c3ccccc32)c(-c2ccccc2)c1. The predicted molar refractivity (Wildman–Crippen MR) is 140 cm³/mol. The highest BCUT2D eigenvalue weighted by atomic mass is 31.2. The van der Waals surface area contributed by atoms with Crippen molar-refractivity contribution in [2.75, 3.05) is 0 Å². The van der Waals surface area contributed by atoms with Crippen LogP contribution in [0.2, 0.25) is 0 Å². The van der Waals surface area contributed by atoms with Crippen LogP contribution in [0.25, 0.3) is 22.3 Å². The van der Waals surface area contributed by atoms with E-state index in [4.69, 9.17) is 9.05 Å². The molecule has 4 aromatic rings. The molecule has 33 heavy (non-hydrogen) atoms. The van der Waals surface area contributed by atoms with Gasteiger partial charge in [0.1, 0.15) is 11.5 Å². The first-order valence-electron chi connectivity index (χ1n) is 11.8. The molecule has 0 spiro atoms. The third kappa shape index (κ3) is 4.41. The second-order valence-electron chi connectivity index (χ2n) is 8.45. The van der Waals surface area contributed by atoms with Crippen LogP contribution in [0.3, 0.4) is 0 Å². The minimum absolute atomic E-state index is 0.892. The van der Waals surface area contributed by atoms with Gasteiger partial charge < -0.3 is 9.05 Å². The molecule has 5 rings (SSSR count). The molecule has 1 heterocycles. The van der Waals surface area contributed by atoms with E-state index in [0.717, 1.165) is 53.6 Å². The smallest absolute Gasteiger partial charge is 0.326 e. The van der Waals surface area contributed by atoms with Gasteiger partial charge in [0, 0.05) is 11.1 Å². The van der Waals surface area contributed by atoms with Gasteiger partial charge >= 0.3 is 8.38 Å². The van der Waals surface area contributed by atoms with Gasteiger partial charge in [-0.1, -0.05) is 99.5 Å². The van der Waals surface area contributed by atoms with Gasteiger partial charge in [-0.05, 0) is 53.3 Å². The standard InChI is InChI=1S/C30H29O2P/c1-3-12-22-20-24(13-4-2)30(27(21-22)23-14-6-5-7-15-23)32-33-29-19-11-9-17-26(29)25-16-8-10-18-28(25)31-33/h5-11,14-21H,3-4,12-13H2,1-2H3. The summed E-state index contributed by atoms with van der Waals surface area (Å²) in [6, 6.07) is 32.0. The summed E-state index contributed by atoms with van der Waals surface area (Å²) in [5.41, 5.74) is 7.31. The van der Waals surface area contributed by atoms with Crippen molar-refractivity contribution >= 4 is 13.7 Å². The lowest BCUT2D eigenvalue weighted by molar-refractivity contribution is 0.497. The number of para-hydroxylation sites is 1. The van der Waals surface area contributed by atoms with Gasteiger partial charge in [0.05, 0.1) is 5.30 Å². The van der Waals surface area contributed by atoms with Crippen LogP contribution in [0, 0.1) is 0 Å². The van der Waals surface area contributed by atoms with Gasteiger partial charge in [-0.3, -0.25) is 0 Å². The molecule has 0 N–H and O–H groups in total. The van der Waals surface area contributed by atoms with Gasteiger partial charge in [0.15, 0.2) is 0 Å². The average molecular weight is 453 g/mol. The highest BCUT2D eigenvalue weighted by Crippen LogP contribution is 2.51. The van der Waals surface area contributed by atoms with E-state index >= 15 is 0 Å². The van der Waals surface area contributed by atoms with Crippen molar-refractivity contribution in [3.05, 3.63) is 102 Å². The summed E-state index contributed by atoms with van der Waals surface area (Å²) in [5.74, 6) is 1.85. The topological polar surface area (TPSA) is 18.5 Å². The Labute approximate surface area is 198 Å². The normalized spacial score (nSPS) is 14.2. The fourth-order valence-corrected chi connectivity index (χ4v) is 6.05. The van der Waals surface area contributed by atoms with Gasteiger partial charge in [-0.25, -0.2) is 0 Å². The fourth-order valence-electron chi connectivity index (χ4n) is 4.50. The monoisotopic (exact) mass is 452 g/mol. The van der Waals surface area contributed by atoms with Gasteiger partial charge in [0.25, 0.3) is 0 Å². The average Bonchev–Trinajstić information content (AvgIpc) is 2.86. The molecule has 1 aliphatic rings. The summed E-state index contributed by atoms with van der Waals surface area (Å²) in [5, 5.41) is 1.13. The number of aryl methyl sites for hydroxylation is 2. The van der Waals surface area contributed by atoms with E-state index in [9.17, 15) is 0 Å². The number of hydrogen-bond donors (Lipinski definition) is 0. The number of fused-ring (bicyclic) bond motifs is 3. The molecule has 166 valence electrons. The molecule has 1 unspecified atom stereocenters. The minimum Gasteiger partial charge on any atom is -0.435 e. The van der Waals surface area contributed by atoms with E-state index in [1.807, 2.05) is 12.1 Å². The Hall–Kier alpha value is -3.09. The molecule has 0 aromatic heterocycles. The molecule has 1 aliphatic heterocycles. The van der Waals surface area contributed by atoms with Crippen molar-refractivity contribution in [3.8, 4) is 33.8 Å². The molecule has 0 saturated heterocycles. The number of hydrogen-bond acceptors (Lipinski definition) is 2. The Morgan fingerprint density at radius 1 is 0.697 bits per heavy atom. The van der Waals surface area contributed by atoms with E-state index < -0.39 is 8.38 Å². The molecule has 1 atom stereocenters. The maximum absolute atomic E-state index is 6.88.